The Balaban J connectivity index is 0.00000117. The summed E-state index contributed by atoms with van der Waals surface area (Å²) in [5.74, 6) is -0.455. The molecule has 2 aromatic rings. The zero-order chi connectivity index (χ0) is 19.1. The van der Waals surface area contributed by atoms with Gasteiger partial charge in [0.25, 0.3) is 6.43 Å². The molecule has 0 fully saturated rings. The molecule has 0 radical (unpaired) electrons. The molecule has 0 atom stereocenters. The van der Waals surface area contributed by atoms with Crippen molar-refractivity contribution in [3.8, 4) is 0 Å². The van der Waals surface area contributed by atoms with Crippen LogP contribution < -0.4 is 0 Å². The second-order valence-electron chi connectivity index (χ2n) is 5.43. The zero-order valence-corrected chi connectivity index (χ0v) is 14.9. The highest BCUT2D eigenvalue weighted by Gasteiger charge is 2.26. The van der Waals surface area contributed by atoms with Crippen LogP contribution in [-0.2, 0) is 0 Å². The average Bonchev–Trinajstić information content (AvgIpc) is 2.66. The van der Waals surface area contributed by atoms with E-state index in [1.54, 1.807) is 30.4 Å². The zero-order valence-electron chi connectivity index (χ0n) is 14.9. The quantitative estimate of drug-likeness (QED) is 0.614. The fraction of sp³-hybridized carbons (Fsp3) is 0.182. The smallest absolute Gasteiger partial charge is 0.256 e. The normalized spacial score (nSPS) is 13.8. The van der Waals surface area contributed by atoms with E-state index >= 15 is 0 Å². The lowest BCUT2D eigenvalue weighted by Crippen LogP contribution is -2.28. The molecule has 0 aliphatic carbocycles. The van der Waals surface area contributed by atoms with E-state index in [4.69, 9.17) is 0 Å². The molecule has 1 nitrogen and oxygen atoms in total. The molecular weight excluding hydrogens is 335 g/mol. The molecule has 4 heteroatoms. The van der Waals surface area contributed by atoms with E-state index in [-0.39, 0.29) is 5.56 Å². The van der Waals surface area contributed by atoms with Crippen molar-refractivity contribution in [2.75, 3.05) is 6.54 Å². The highest BCUT2D eigenvalue weighted by Crippen LogP contribution is 2.37. The molecule has 0 amide bonds. The van der Waals surface area contributed by atoms with Gasteiger partial charge in [0, 0.05) is 16.8 Å². The van der Waals surface area contributed by atoms with Crippen molar-refractivity contribution < 1.29 is 13.2 Å². The molecular formula is C22H22F3N. The van der Waals surface area contributed by atoms with Gasteiger partial charge in [0.2, 0.25) is 0 Å². The molecule has 26 heavy (non-hydrogen) atoms. The third-order valence-electron chi connectivity index (χ3n) is 3.85. The van der Waals surface area contributed by atoms with Gasteiger partial charge in [-0.1, -0.05) is 69.0 Å². The van der Waals surface area contributed by atoms with Gasteiger partial charge in [-0.2, -0.15) is 0 Å². The Morgan fingerprint density at radius 1 is 0.923 bits per heavy atom. The lowest BCUT2D eigenvalue weighted by Gasteiger charge is -2.33. The number of hydrogen-bond donors (Lipinski definition) is 0. The monoisotopic (exact) mass is 357 g/mol. The van der Waals surface area contributed by atoms with Gasteiger partial charge in [-0.25, -0.2) is 13.2 Å². The van der Waals surface area contributed by atoms with E-state index < -0.39 is 18.8 Å². The van der Waals surface area contributed by atoms with E-state index in [2.05, 4.69) is 6.58 Å². The summed E-state index contributed by atoms with van der Waals surface area (Å²) in [5, 5.41) is 0. The Morgan fingerprint density at radius 3 is 2.15 bits per heavy atom. The second kappa shape index (κ2) is 9.09. The van der Waals surface area contributed by atoms with Gasteiger partial charge in [0.1, 0.15) is 5.82 Å². The lowest BCUT2D eigenvalue weighted by atomic mass is 9.94. The number of allylic oxidation sites excluding steroid dienone is 3. The van der Waals surface area contributed by atoms with Crippen LogP contribution in [0.4, 0.5) is 13.2 Å². The number of hydrogen-bond acceptors (Lipinski definition) is 1. The molecule has 136 valence electrons. The summed E-state index contributed by atoms with van der Waals surface area (Å²) in [6, 6.07) is 15.5. The molecule has 0 bridgehead atoms. The average molecular weight is 357 g/mol. The summed E-state index contributed by atoms with van der Waals surface area (Å²) < 4.78 is 40.6. The first-order valence-electron chi connectivity index (χ1n) is 8.55. The van der Waals surface area contributed by atoms with E-state index in [9.17, 15) is 13.2 Å². The molecule has 1 aliphatic heterocycles. The van der Waals surface area contributed by atoms with Crippen molar-refractivity contribution in [2.24, 2.45) is 0 Å². The predicted molar refractivity (Wildman–Crippen MR) is 102 cm³/mol. The third kappa shape index (κ3) is 4.26. The summed E-state index contributed by atoms with van der Waals surface area (Å²) in [6.07, 6.45) is 0.906. The lowest BCUT2D eigenvalue weighted by molar-refractivity contribution is 0.123. The predicted octanol–water partition coefficient (Wildman–Crippen LogP) is 6.37. The highest BCUT2D eigenvalue weighted by atomic mass is 19.3. The van der Waals surface area contributed by atoms with Crippen molar-refractivity contribution in [1.82, 2.24) is 4.90 Å². The van der Waals surface area contributed by atoms with E-state index in [0.29, 0.717) is 17.0 Å². The molecule has 1 heterocycles. The van der Waals surface area contributed by atoms with Crippen LogP contribution in [0.1, 0.15) is 25.0 Å². The van der Waals surface area contributed by atoms with Gasteiger partial charge < -0.3 is 4.90 Å². The van der Waals surface area contributed by atoms with Crippen molar-refractivity contribution in [3.63, 3.8) is 0 Å². The fourth-order valence-electron chi connectivity index (χ4n) is 2.78. The fourth-order valence-corrected chi connectivity index (χ4v) is 2.78. The molecule has 0 unspecified atom stereocenters. The molecule has 0 saturated carbocycles. The van der Waals surface area contributed by atoms with Crippen LogP contribution in [0.5, 0.6) is 0 Å². The van der Waals surface area contributed by atoms with Crippen LogP contribution in [-0.4, -0.2) is 17.9 Å². The molecule has 0 spiro atoms. The number of halogens is 3. The number of benzene rings is 2. The minimum atomic E-state index is -2.56. The Morgan fingerprint density at radius 2 is 1.54 bits per heavy atom. The maximum absolute atomic E-state index is 14.4. The maximum atomic E-state index is 14.4. The maximum Gasteiger partial charge on any atom is 0.256 e. The van der Waals surface area contributed by atoms with Gasteiger partial charge in [-0.15, -0.1) is 0 Å². The largest absolute Gasteiger partial charge is 0.335 e. The number of alkyl halides is 2. The Bertz CT molecular complexity index is 807. The van der Waals surface area contributed by atoms with Crippen LogP contribution in [0, 0.1) is 5.82 Å². The van der Waals surface area contributed by atoms with Gasteiger partial charge in [0.15, 0.2) is 0 Å². The summed E-state index contributed by atoms with van der Waals surface area (Å²) >= 11 is 0. The minimum absolute atomic E-state index is 0.280. The molecule has 0 N–H and O–H groups in total. The Kier molecular flexibility index (Phi) is 6.84. The molecule has 0 saturated heterocycles. The van der Waals surface area contributed by atoms with Crippen molar-refractivity contribution in [2.45, 2.75) is 20.3 Å². The van der Waals surface area contributed by atoms with Gasteiger partial charge in [0.05, 0.1) is 12.2 Å². The topological polar surface area (TPSA) is 3.24 Å². The van der Waals surface area contributed by atoms with Crippen molar-refractivity contribution >= 4 is 11.3 Å². The SMILES string of the molecule is C=C1C=CC(c2ccccc2)=C(c2ccccc2F)N1CC(F)F.CC. The third-order valence-corrected chi connectivity index (χ3v) is 3.85. The minimum Gasteiger partial charge on any atom is -0.335 e. The Hall–Kier alpha value is -2.75. The van der Waals surface area contributed by atoms with Crippen molar-refractivity contribution in [3.05, 3.63) is 96.0 Å². The standard InChI is InChI=1S/C20H16F3N.C2H6/c1-14-11-12-16(15-7-3-2-4-8-15)20(24(14)13-19(22)23)17-9-5-6-10-18(17)21;1-2/h2-12,19H,1,13H2;1-2H3. The molecule has 2 aromatic carbocycles. The summed E-state index contributed by atoms with van der Waals surface area (Å²) in [5.41, 5.74) is 2.62. The summed E-state index contributed by atoms with van der Waals surface area (Å²) in [7, 11) is 0. The first-order valence-corrected chi connectivity index (χ1v) is 8.55. The summed E-state index contributed by atoms with van der Waals surface area (Å²) in [6.45, 7) is 7.29. The van der Waals surface area contributed by atoms with Crippen molar-refractivity contribution in [1.29, 1.82) is 0 Å². The van der Waals surface area contributed by atoms with Crippen LogP contribution in [0.3, 0.4) is 0 Å². The van der Waals surface area contributed by atoms with Gasteiger partial charge in [-0.05, 0) is 23.8 Å². The van der Waals surface area contributed by atoms with E-state index in [1.165, 1.54) is 11.0 Å². The molecule has 0 aromatic heterocycles. The van der Waals surface area contributed by atoms with Crippen LogP contribution >= 0.6 is 0 Å². The van der Waals surface area contributed by atoms with Gasteiger partial charge >= 0.3 is 0 Å². The summed E-state index contributed by atoms with van der Waals surface area (Å²) in [4.78, 5) is 1.38. The molecule has 3 rings (SSSR count). The number of nitrogens with zero attached hydrogens (tertiary/aromatic N) is 1. The first-order chi connectivity index (χ1) is 12.6. The van der Waals surface area contributed by atoms with Crippen LogP contribution in [0.15, 0.2) is 79.0 Å². The number of rotatable bonds is 4. The van der Waals surface area contributed by atoms with Crippen LogP contribution in [0.25, 0.3) is 11.3 Å². The van der Waals surface area contributed by atoms with Crippen LogP contribution in [0.2, 0.25) is 0 Å². The highest BCUT2D eigenvalue weighted by molar-refractivity contribution is 5.97. The molecule has 1 aliphatic rings. The van der Waals surface area contributed by atoms with E-state index in [0.717, 1.165) is 5.56 Å². The van der Waals surface area contributed by atoms with Gasteiger partial charge in [-0.3, -0.25) is 0 Å². The first kappa shape index (κ1) is 19.6. The Labute approximate surface area is 152 Å². The van der Waals surface area contributed by atoms with E-state index in [1.807, 2.05) is 44.2 Å². The second-order valence-corrected chi connectivity index (χ2v) is 5.43.